The van der Waals surface area contributed by atoms with Crippen LogP contribution in [-0.4, -0.2) is 33.4 Å². The number of pyridine rings is 3. The molecule has 0 saturated carbocycles. The summed E-state index contributed by atoms with van der Waals surface area (Å²) in [5.74, 6) is -2.01. The molecule has 1 aromatic carbocycles. The number of esters is 1. The second kappa shape index (κ2) is 9.95. The zero-order chi connectivity index (χ0) is 27.7. The molecule has 0 aliphatic heterocycles. The first-order chi connectivity index (χ1) is 17.8. The fourth-order valence-electron chi connectivity index (χ4n) is 3.41. The van der Waals surface area contributed by atoms with Crippen LogP contribution in [0.5, 0.6) is 0 Å². The number of carbonyl (C=O) groups is 2. The van der Waals surface area contributed by atoms with Gasteiger partial charge in [0.25, 0.3) is 5.91 Å². The van der Waals surface area contributed by atoms with Crippen LogP contribution in [0.2, 0.25) is 0 Å². The van der Waals surface area contributed by atoms with Crippen LogP contribution in [0.1, 0.15) is 21.6 Å². The predicted octanol–water partition coefficient (Wildman–Crippen LogP) is 5.12. The first kappa shape index (κ1) is 26.3. The van der Waals surface area contributed by atoms with Gasteiger partial charge < -0.3 is 15.8 Å². The zero-order valence-corrected chi connectivity index (χ0v) is 18.9. The van der Waals surface area contributed by atoms with E-state index in [0.29, 0.717) is 23.3 Å². The average Bonchev–Trinajstić information content (AvgIpc) is 2.86. The van der Waals surface area contributed by atoms with E-state index in [4.69, 9.17) is 5.73 Å². The van der Waals surface area contributed by atoms with Gasteiger partial charge in [-0.3, -0.25) is 9.78 Å². The number of carbonyl (C=O) groups excluding carboxylic acids is 2. The van der Waals surface area contributed by atoms with Crippen LogP contribution in [0.3, 0.4) is 0 Å². The molecule has 0 bridgehead atoms. The highest BCUT2D eigenvalue weighted by Gasteiger charge is 2.35. The van der Waals surface area contributed by atoms with Crippen LogP contribution in [0.4, 0.5) is 37.8 Å². The number of benzene rings is 1. The lowest BCUT2D eigenvalue weighted by Crippen LogP contribution is -2.21. The van der Waals surface area contributed by atoms with Gasteiger partial charge in [0.15, 0.2) is 6.61 Å². The fraction of sp³-hybridized carbons (Fsp3) is 0.125. The zero-order valence-electron chi connectivity index (χ0n) is 18.9. The molecule has 0 radical (unpaired) electrons. The molecule has 4 rings (SSSR count). The van der Waals surface area contributed by atoms with E-state index in [1.54, 1.807) is 0 Å². The number of primary amides is 1. The third-order valence-electron chi connectivity index (χ3n) is 5.13. The highest BCUT2D eigenvalue weighted by atomic mass is 19.4. The van der Waals surface area contributed by atoms with E-state index in [1.807, 2.05) is 0 Å². The van der Waals surface area contributed by atoms with Crippen LogP contribution < -0.4 is 11.1 Å². The van der Waals surface area contributed by atoms with Gasteiger partial charge in [-0.05, 0) is 36.4 Å². The lowest BCUT2D eigenvalue weighted by Gasteiger charge is -2.15. The van der Waals surface area contributed by atoms with E-state index in [9.17, 15) is 35.9 Å². The number of hydrogen-bond donors (Lipinski definition) is 2. The number of anilines is 2. The largest absolute Gasteiger partial charge is 0.451 e. The van der Waals surface area contributed by atoms with Crippen molar-refractivity contribution in [2.45, 2.75) is 12.4 Å². The van der Waals surface area contributed by atoms with Crippen molar-refractivity contribution in [1.29, 1.82) is 0 Å². The summed E-state index contributed by atoms with van der Waals surface area (Å²) in [6.07, 6.45) is -7.37. The number of rotatable bonds is 6. The summed E-state index contributed by atoms with van der Waals surface area (Å²) < 4.78 is 84.2. The molecule has 0 fully saturated rings. The van der Waals surface area contributed by atoms with E-state index in [-0.39, 0.29) is 16.9 Å². The van der Waals surface area contributed by atoms with Gasteiger partial charge >= 0.3 is 18.3 Å². The number of amides is 1. The SMILES string of the molecule is NC(=O)COC(=O)c1ccc(C(F)(F)F)c(-c2ccc3c(Nc4ccc(C(F)(F)F)cn4)ccnc3c2)n1. The molecule has 14 heteroatoms. The summed E-state index contributed by atoms with van der Waals surface area (Å²) in [6, 6.07) is 9.01. The normalized spacial score (nSPS) is 11.8. The topological polar surface area (TPSA) is 120 Å². The second-order valence-electron chi connectivity index (χ2n) is 7.78. The minimum absolute atomic E-state index is 0.0355. The Morgan fingerprint density at radius 1 is 0.921 bits per heavy atom. The second-order valence-corrected chi connectivity index (χ2v) is 7.78. The number of aromatic nitrogens is 3. The maximum Gasteiger partial charge on any atom is 0.418 e. The minimum Gasteiger partial charge on any atom is -0.451 e. The smallest absolute Gasteiger partial charge is 0.418 e. The summed E-state index contributed by atoms with van der Waals surface area (Å²) in [5.41, 5.74) is 2.34. The van der Waals surface area contributed by atoms with Crippen molar-refractivity contribution in [3.05, 3.63) is 77.7 Å². The summed E-state index contributed by atoms with van der Waals surface area (Å²) >= 11 is 0. The van der Waals surface area contributed by atoms with E-state index in [0.717, 1.165) is 18.2 Å². The Morgan fingerprint density at radius 3 is 2.32 bits per heavy atom. The van der Waals surface area contributed by atoms with Crippen molar-refractivity contribution in [3.8, 4) is 11.3 Å². The number of nitrogens with one attached hydrogen (secondary N) is 1. The lowest BCUT2D eigenvalue weighted by atomic mass is 10.0. The van der Waals surface area contributed by atoms with Crippen LogP contribution in [0.25, 0.3) is 22.2 Å². The molecule has 3 N–H and O–H groups in total. The Morgan fingerprint density at radius 2 is 1.68 bits per heavy atom. The molecule has 196 valence electrons. The monoisotopic (exact) mass is 535 g/mol. The molecule has 3 aromatic heterocycles. The average molecular weight is 535 g/mol. The lowest BCUT2D eigenvalue weighted by molar-refractivity contribution is -0.138. The van der Waals surface area contributed by atoms with Gasteiger partial charge in [0.05, 0.1) is 28.0 Å². The maximum atomic E-state index is 13.7. The quantitative estimate of drug-likeness (QED) is 0.260. The van der Waals surface area contributed by atoms with E-state index in [1.165, 1.54) is 30.5 Å². The summed E-state index contributed by atoms with van der Waals surface area (Å²) in [7, 11) is 0. The Labute approximate surface area is 209 Å². The number of nitrogens with zero attached hydrogens (tertiary/aromatic N) is 3. The molecular weight excluding hydrogens is 520 g/mol. The highest BCUT2D eigenvalue weighted by molar-refractivity contribution is 5.95. The van der Waals surface area contributed by atoms with Gasteiger partial charge in [0, 0.05) is 23.3 Å². The fourth-order valence-corrected chi connectivity index (χ4v) is 3.41. The molecule has 8 nitrogen and oxygen atoms in total. The van der Waals surface area contributed by atoms with Crippen molar-refractivity contribution in [1.82, 2.24) is 15.0 Å². The van der Waals surface area contributed by atoms with E-state index < -0.39 is 53.4 Å². The van der Waals surface area contributed by atoms with Crippen molar-refractivity contribution in [3.63, 3.8) is 0 Å². The maximum absolute atomic E-state index is 13.7. The third kappa shape index (κ3) is 5.79. The van der Waals surface area contributed by atoms with E-state index >= 15 is 0 Å². The number of nitrogens with two attached hydrogens (primary N) is 1. The molecule has 0 unspecified atom stereocenters. The third-order valence-corrected chi connectivity index (χ3v) is 5.13. The van der Waals surface area contributed by atoms with Crippen LogP contribution >= 0.6 is 0 Å². The number of halogens is 6. The van der Waals surface area contributed by atoms with Gasteiger partial charge in [-0.15, -0.1) is 0 Å². The number of fused-ring (bicyclic) bond motifs is 1. The molecule has 0 atom stereocenters. The van der Waals surface area contributed by atoms with Crippen LogP contribution in [-0.2, 0) is 21.9 Å². The van der Waals surface area contributed by atoms with Crippen molar-refractivity contribution < 1.29 is 40.7 Å². The molecule has 0 aliphatic carbocycles. The molecule has 38 heavy (non-hydrogen) atoms. The van der Waals surface area contributed by atoms with Gasteiger partial charge in [0.1, 0.15) is 11.5 Å². The highest BCUT2D eigenvalue weighted by Crippen LogP contribution is 2.38. The predicted molar refractivity (Wildman–Crippen MR) is 122 cm³/mol. The first-order valence-corrected chi connectivity index (χ1v) is 10.6. The summed E-state index contributed by atoms with van der Waals surface area (Å²) in [6.45, 7) is -0.777. The van der Waals surface area contributed by atoms with Gasteiger partial charge in [0.2, 0.25) is 0 Å². The number of ether oxygens (including phenoxy) is 1. The van der Waals surface area contributed by atoms with E-state index in [2.05, 4.69) is 25.0 Å². The Kier molecular flexibility index (Phi) is 6.89. The van der Waals surface area contributed by atoms with Crippen molar-refractivity contribution >= 4 is 34.3 Å². The van der Waals surface area contributed by atoms with Crippen LogP contribution in [0.15, 0.2) is 60.9 Å². The Hall–Kier alpha value is -4.75. The minimum atomic E-state index is -4.82. The van der Waals surface area contributed by atoms with Gasteiger partial charge in [-0.2, -0.15) is 26.3 Å². The molecule has 3 heterocycles. The Balaban J connectivity index is 1.71. The molecular formula is C24H15F6N5O3. The molecule has 4 aromatic rings. The molecule has 1 amide bonds. The number of hydrogen-bond acceptors (Lipinski definition) is 7. The van der Waals surface area contributed by atoms with Crippen molar-refractivity contribution in [2.75, 3.05) is 11.9 Å². The number of alkyl halides is 6. The standard InChI is InChI=1S/C24H15F6N5O3/c25-23(26,27)13-2-6-20(33-10-13)34-16-7-8-32-18-9-12(1-3-14(16)18)21-15(24(28,29)30)4-5-17(35-21)22(37)38-11-19(31)36/h1-10H,11H2,(H2,31,36)(H,32,33,34). The summed E-state index contributed by atoms with van der Waals surface area (Å²) in [4.78, 5) is 34.7. The molecule has 0 spiro atoms. The Bertz CT molecular complexity index is 1520. The van der Waals surface area contributed by atoms with Gasteiger partial charge in [-0.1, -0.05) is 12.1 Å². The summed E-state index contributed by atoms with van der Waals surface area (Å²) in [5, 5.41) is 3.27. The first-order valence-electron chi connectivity index (χ1n) is 10.6. The van der Waals surface area contributed by atoms with Crippen LogP contribution in [0, 0.1) is 0 Å². The molecule has 0 saturated heterocycles. The van der Waals surface area contributed by atoms with Crippen molar-refractivity contribution in [2.24, 2.45) is 5.73 Å². The van der Waals surface area contributed by atoms with Gasteiger partial charge in [-0.25, -0.2) is 14.8 Å². The molecule has 0 aliphatic rings.